The van der Waals surface area contributed by atoms with Crippen LogP contribution in [0, 0.1) is 22.7 Å². The molecule has 0 saturated heterocycles. The highest BCUT2D eigenvalue weighted by Crippen LogP contribution is 2.27. The summed E-state index contributed by atoms with van der Waals surface area (Å²) < 4.78 is 0. The largest absolute Gasteiger partial charge is 0.383 e. The molecule has 1 heterocycles. The molecule has 1 atom stereocenters. The maximum Gasteiger partial charge on any atom is 0.233 e. The van der Waals surface area contributed by atoms with Crippen LogP contribution in [-0.4, -0.2) is 21.7 Å². The summed E-state index contributed by atoms with van der Waals surface area (Å²) in [6.45, 7) is 7.39. The lowest BCUT2D eigenvalue weighted by atomic mass is 10.1. The van der Waals surface area contributed by atoms with Crippen LogP contribution >= 0.6 is 11.8 Å². The van der Waals surface area contributed by atoms with Gasteiger partial charge in [-0.1, -0.05) is 11.8 Å². The van der Waals surface area contributed by atoms with Crippen LogP contribution in [0.4, 0.5) is 5.82 Å². The number of anilines is 1. The van der Waals surface area contributed by atoms with Crippen LogP contribution in [0.15, 0.2) is 11.1 Å². The van der Waals surface area contributed by atoms with Crippen molar-refractivity contribution in [2.24, 2.45) is 0 Å². The lowest BCUT2D eigenvalue weighted by Crippen LogP contribution is -2.44. The fraction of sp³-hybridized carbons (Fsp3) is 0.429. The van der Waals surface area contributed by atoms with Gasteiger partial charge in [-0.15, -0.1) is 0 Å². The van der Waals surface area contributed by atoms with E-state index in [2.05, 4.69) is 10.3 Å². The molecular formula is C14H17N5OS. The number of hydrogen-bond acceptors (Lipinski definition) is 6. The van der Waals surface area contributed by atoms with Gasteiger partial charge in [0.25, 0.3) is 0 Å². The number of carbonyl (C=O) groups is 1. The standard InChI is InChI=1S/C14H17N5OS/c1-8(12(20)19-14(2,3)4)21-13-10(7-16)5-9(6-15)11(17)18-13/h5,8H,1-4H3,(H2,17,18)(H,19,20)/t8-/m0/s1. The lowest BCUT2D eigenvalue weighted by molar-refractivity contribution is -0.121. The molecule has 6 nitrogen and oxygen atoms in total. The average molecular weight is 303 g/mol. The smallest absolute Gasteiger partial charge is 0.233 e. The van der Waals surface area contributed by atoms with Crippen LogP contribution < -0.4 is 11.1 Å². The normalized spacial score (nSPS) is 12.1. The second kappa shape index (κ2) is 6.47. The minimum Gasteiger partial charge on any atom is -0.383 e. The molecule has 0 aliphatic rings. The van der Waals surface area contributed by atoms with Gasteiger partial charge in [0.15, 0.2) is 0 Å². The van der Waals surface area contributed by atoms with Gasteiger partial charge in [0.1, 0.15) is 23.0 Å². The summed E-state index contributed by atoms with van der Waals surface area (Å²) >= 11 is 1.14. The fourth-order valence-corrected chi connectivity index (χ4v) is 2.34. The zero-order chi connectivity index (χ0) is 16.2. The highest BCUT2D eigenvalue weighted by molar-refractivity contribution is 8.00. The molecule has 0 aromatic carbocycles. The van der Waals surface area contributed by atoms with Crippen molar-refractivity contribution in [2.75, 3.05) is 5.73 Å². The Bertz CT molecular complexity index is 636. The van der Waals surface area contributed by atoms with Crippen molar-refractivity contribution in [3.63, 3.8) is 0 Å². The van der Waals surface area contributed by atoms with Gasteiger partial charge in [-0.25, -0.2) is 4.98 Å². The molecule has 3 N–H and O–H groups in total. The number of nitriles is 2. The summed E-state index contributed by atoms with van der Waals surface area (Å²) in [5.41, 5.74) is 5.71. The van der Waals surface area contributed by atoms with Gasteiger partial charge in [-0.2, -0.15) is 10.5 Å². The first-order chi connectivity index (χ1) is 9.67. The van der Waals surface area contributed by atoms with Crippen LogP contribution in [-0.2, 0) is 4.79 Å². The van der Waals surface area contributed by atoms with Crippen molar-refractivity contribution in [1.82, 2.24) is 10.3 Å². The van der Waals surface area contributed by atoms with Gasteiger partial charge in [-0.05, 0) is 33.8 Å². The van der Waals surface area contributed by atoms with E-state index >= 15 is 0 Å². The average Bonchev–Trinajstić information content (AvgIpc) is 2.37. The number of amides is 1. The Kier molecular flexibility index (Phi) is 5.17. The number of thioether (sulfide) groups is 1. The predicted octanol–water partition coefficient (Wildman–Crippen LogP) is 1.80. The zero-order valence-electron chi connectivity index (χ0n) is 12.4. The van der Waals surface area contributed by atoms with Crippen LogP contribution in [0.3, 0.4) is 0 Å². The maximum absolute atomic E-state index is 12.0. The summed E-state index contributed by atoms with van der Waals surface area (Å²) in [7, 11) is 0. The Morgan fingerprint density at radius 2 is 1.95 bits per heavy atom. The summed E-state index contributed by atoms with van der Waals surface area (Å²) in [5.74, 6) is -0.0939. The van der Waals surface area contributed by atoms with Crippen LogP contribution in [0.1, 0.15) is 38.8 Å². The Morgan fingerprint density at radius 1 is 1.38 bits per heavy atom. The third kappa shape index (κ3) is 4.66. The Hall–Kier alpha value is -2.25. The quantitative estimate of drug-likeness (QED) is 0.823. The summed E-state index contributed by atoms with van der Waals surface area (Å²) in [4.78, 5) is 16.1. The molecule has 110 valence electrons. The molecule has 0 bridgehead atoms. The van der Waals surface area contributed by atoms with E-state index in [0.29, 0.717) is 5.03 Å². The molecule has 21 heavy (non-hydrogen) atoms. The van der Waals surface area contributed by atoms with Crippen molar-refractivity contribution in [3.05, 3.63) is 17.2 Å². The number of nitrogens with one attached hydrogen (secondary N) is 1. The van der Waals surface area contributed by atoms with Crippen molar-refractivity contribution in [1.29, 1.82) is 10.5 Å². The second-order valence-electron chi connectivity index (χ2n) is 5.50. The van der Waals surface area contributed by atoms with E-state index in [0.717, 1.165) is 11.8 Å². The minimum atomic E-state index is -0.434. The molecule has 0 unspecified atom stereocenters. The summed E-state index contributed by atoms with van der Waals surface area (Å²) in [6.07, 6.45) is 0. The topological polar surface area (TPSA) is 116 Å². The molecule has 0 fully saturated rings. The number of pyridine rings is 1. The van der Waals surface area contributed by atoms with Crippen molar-refractivity contribution < 1.29 is 4.79 Å². The van der Waals surface area contributed by atoms with E-state index in [1.807, 2.05) is 32.9 Å². The lowest BCUT2D eigenvalue weighted by Gasteiger charge is -2.23. The van der Waals surface area contributed by atoms with Gasteiger partial charge in [0.05, 0.1) is 16.4 Å². The minimum absolute atomic E-state index is 0.0578. The fourth-order valence-electron chi connectivity index (χ4n) is 1.46. The van der Waals surface area contributed by atoms with Crippen molar-refractivity contribution in [2.45, 2.75) is 43.5 Å². The first-order valence-electron chi connectivity index (χ1n) is 6.27. The Morgan fingerprint density at radius 3 is 2.43 bits per heavy atom. The summed E-state index contributed by atoms with van der Waals surface area (Å²) in [6, 6.07) is 5.23. The molecule has 1 amide bonds. The van der Waals surface area contributed by atoms with Gasteiger partial charge in [-0.3, -0.25) is 4.79 Å². The predicted molar refractivity (Wildman–Crippen MR) is 81.3 cm³/mol. The molecule has 0 spiro atoms. The molecule has 0 radical (unpaired) electrons. The van der Waals surface area contributed by atoms with E-state index < -0.39 is 5.25 Å². The molecule has 7 heteroatoms. The van der Waals surface area contributed by atoms with Crippen LogP contribution in [0.2, 0.25) is 0 Å². The molecule has 1 rings (SSSR count). The summed E-state index contributed by atoms with van der Waals surface area (Å²) in [5, 5.41) is 20.8. The van der Waals surface area contributed by atoms with E-state index in [-0.39, 0.29) is 28.4 Å². The van der Waals surface area contributed by atoms with Crippen molar-refractivity contribution in [3.8, 4) is 12.1 Å². The third-order valence-electron chi connectivity index (χ3n) is 2.41. The zero-order valence-corrected chi connectivity index (χ0v) is 13.2. The molecular weight excluding hydrogens is 286 g/mol. The van der Waals surface area contributed by atoms with Crippen LogP contribution in [0.25, 0.3) is 0 Å². The molecule has 0 saturated carbocycles. The van der Waals surface area contributed by atoms with E-state index in [4.69, 9.17) is 16.3 Å². The number of nitrogens with two attached hydrogens (primary N) is 1. The maximum atomic E-state index is 12.0. The number of hydrogen-bond donors (Lipinski definition) is 2. The second-order valence-corrected chi connectivity index (χ2v) is 6.83. The number of aromatic nitrogens is 1. The number of nitrogens with zero attached hydrogens (tertiary/aromatic N) is 3. The monoisotopic (exact) mass is 303 g/mol. The SMILES string of the molecule is C[C@H](Sc1nc(N)c(C#N)cc1C#N)C(=O)NC(C)(C)C. The number of rotatable bonds is 3. The third-order valence-corrected chi connectivity index (χ3v) is 3.52. The highest BCUT2D eigenvalue weighted by atomic mass is 32.2. The van der Waals surface area contributed by atoms with Crippen LogP contribution in [0.5, 0.6) is 0 Å². The highest BCUT2D eigenvalue weighted by Gasteiger charge is 2.22. The number of nitrogen functional groups attached to an aromatic ring is 1. The first-order valence-corrected chi connectivity index (χ1v) is 7.15. The molecule has 1 aromatic heterocycles. The Labute approximate surface area is 128 Å². The molecule has 1 aromatic rings. The molecule has 0 aliphatic heterocycles. The van der Waals surface area contributed by atoms with Gasteiger partial charge >= 0.3 is 0 Å². The van der Waals surface area contributed by atoms with E-state index in [9.17, 15) is 4.79 Å². The van der Waals surface area contributed by atoms with Crippen molar-refractivity contribution >= 4 is 23.5 Å². The van der Waals surface area contributed by atoms with Gasteiger partial charge in [0.2, 0.25) is 5.91 Å². The van der Waals surface area contributed by atoms with E-state index in [1.54, 1.807) is 6.92 Å². The van der Waals surface area contributed by atoms with Gasteiger partial charge in [0, 0.05) is 5.54 Å². The number of carbonyl (C=O) groups excluding carboxylic acids is 1. The van der Waals surface area contributed by atoms with E-state index in [1.165, 1.54) is 6.07 Å². The van der Waals surface area contributed by atoms with Gasteiger partial charge < -0.3 is 11.1 Å². The molecule has 0 aliphatic carbocycles. The Balaban J connectivity index is 2.98. The first kappa shape index (κ1) is 16.8.